The Labute approximate surface area is 195 Å². The number of aromatic nitrogens is 4. The quantitative estimate of drug-likeness (QED) is 0.453. The number of nitrogens with zero attached hydrogens (tertiary/aromatic N) is 4. The number of rotatable bonds is 6. The summed E-state index contributed by atoms with van der Waals surface area (Å²) in [6, 6.07) is 0. The number of ether oxygens (including phenoxy) is 3. The van der Waals surface area contributed by atoms with Crippen molar-refractivity contribution in [1.29, 1.82) is 0 Å². The molecule has 0 radical (unpaired) electrons. The Hall–Kier alpha value is -3.93. The number of hydrogen-bond acceptors (Lipinski definition) is 9. The Morgan fingerprint density at radius 3 is 2.54 bits per heavy atom. The molecule has 12 nitrogen and oxygen atoms in total. The van der Waals surface area contributed by atoms with E-state index in [1.807, 2.05) is 0 Å². The third kappa shape index (κ3) is 5.43. The van der Waals surface area contributed by atoms with Crippen molar-refractivity contribution in [3.63, 3.8) is 0 Å². The normalized spacial score (nSPS) is 20.8. The smallest absolute Gasteiger partial charge is 0.428 e. The molecule has 0 aliphatic carbocycles. The van der Waals surface area contributed by atoms with Gasteiger partial charge in [0.25, 0.3) is 0 Å². The van der Waals surface area contributed by atoms with E-state index in [1.165, 1.54) is 13.1 Å². The molecule has 1 N–H and O–H groups in total. The van der Waals surface area contributed by atoms with E-state index in [0.717, 1.165) is 23.0 Å². The summed E-state index contributed by atoms with van der Waals surface area (Å²) in [5.41, 5.74) is -0.906. The molecule has 2 aromatic heterocycles. The van der Waals surface area contributed by atoms with Crippen molar-refractivity contribution in [2.75, 3.05) is 5.32 Å². The van der Waals surface area contributed by atoms with Gasteiger partial charge in [-0.15, -0.1) is 6.42 Å². The summed E-state index contributed by atoms with van der Waals surface area (Å²) >= 11 is 0. The molecule has 1 amide bonds. The second-order valence-corrected chi connectivity index (χ2v) is 7.55. The number of imidazole rings is 1. The molecule has 3 rings (SSSR count). The summed E-state index contributed by atoms with van der Waals surface area (Å²) in [5.74, 6) is -0.518. The number of nitrogens with one attached hydrogen (secondary N) is 1. The van der Waals surface area contributed by atoms with Crippen LogP contribution in [0.1, 0.15) is 33.4 Å². The molecule has 0 aromatic carbocycles. The first-order chi connectivity index (χ1) is 16.3. The topological polar surface area (TPSA) is 144 Å². The van der Waals surface area contributed by atoms with Crippen LogP contribution in [0.25, 0.3) is 11.2 Å². The van der Waals surface area contributed by atoms with Crippen molar-refractivity contribution >= 4 is 35.0 Å². The summed E-state index contributed by atoms with van der Waals surface area (Å²) in [5, 5.41) is 2.33. The molecule has 0 unspecified atom stereocenters. The van der Waals surface area contributed by atoms with Crippen molar-refractivity contribution in [1.82, 2.24) is 19.1 Å². The molecule has 0 saturated carbocycles. The Balaban J connectivity index is 2.17. The molecule has 1 fully saturated rings. The first-order valence-corrected chi connectivity index (χ1v) is 10.1. The molecule has 1 aliphatic rings. The van der Waals surface area contributed by atoms with Gasteiger partial charge in [0, 0.05) is 27.2 Å². The highest BCUT2D eigenvalue weighted by Crippen LogP contribution is 2.39. The van der Waals surface area contributed by atoms with Crippen LogP contribution in [-0.2, 0) is 35.1 Å². The van der Waals surface area contributed by atoms with Gasteiger partial charge in [0.1, 0.15) is 17.7 Å². The number of alkyl halides is 3. The lowest BCUT2D eigenvalue weighted by Crippen LogP contribution is -2.43. The van der Waals surface area contributed by atoms with Gasteiger partial charge in [0.05, 0.1) is 12.7 Å². The van der Waals surface area contributed by atoms with Crippen molar-refractivity contribution in [3.8, 4) is 12.3 Å². The van der Waals surface area contributed by atoms with Crippen LogP contribution in [0.4, 0.5) is 19.1 Å². The number of halogens is 3. The van der Waals surface area contributed by atoms with E-state index in [9.17, 15) is 32.3 Å². The Morgan fingerprint density at radius 2 is 2.00 bits per heavy atom. The minimum absolute atomic E-state index is 0.0861. The van der Waals surface area contributed by atoms with E-state index in [4.69, 9.17) is 15.9 Å². The first-order valence-electron chi connectivity index (χ1n) is 10.1. The van der Waals surface area contributed by atoms with Crippen LogP contribution in [-0.4, -0.2) is 61.4 Å². The van der Waals surface area contributed by atoms with Crippen LogP contribution in [0.15, 0.2) is 11.0 Å². The summed E-state index contributed by atoms with van der Waals surface area (Å²) in [4.78, 5) is 55.7. The van der Waals surface area contributed by atoms with Gasteiger partial charge in [-0.2, -0.15) is 18.2 Å². The molecule has 15 heteroatoms. The molecule has 188 valence electrons. The van der Waals surface area contributed by atoms with Gasteiger partial charge in [-0.25, -0.2) is 14.3 Å². The first kappa shape index (κ1) is 25.7. The molecule has 1 saturated heterocycles. The fourth-order valence-electron chi connectivity index (χ4n) is 3.69. The van der Waals surface area contributed by atoms with Crippen molar-refractivity contribution < 1.29 is 41.8 Å². The molecule has 0 spiro atoms. The predicted molar refractivity (Wildman–Crippen MR) is 111 cm³/mol. The molecule has 1 aliphatic heterocycles. The van der Waals surface area contributed by atoms with Gasteiger partial charge in [-0.05, 0) is 0 Å². The Bertz CT molecular complexity index is 1260. The zero-order valence-corrected chi connectivity index (χ0v) is 18.7. The highest BCUT2D eigenvalue weighted by Gasteiger charge is 2.54. The Morgan fingerprint density at radius 1 is 1.31 bits per heavy atom. The van der Waals surface area contributed by atoms with E-state index in [0.29, 0.717) is 0 Å². The number of carbonyl (C=O) groups excluding carboxylic acids is 3. The summed E-state index contributed by atoms with van der Waals surface area (Å²) < 4.78 is 58.0. The van der Waals surface area contributed by atoms with E-state index in [-0.39, 0.29) is 23.7 Å². The zero-order chi connectivity index (χ0) is 26.1. The maximum atomic E-state index is 13.6. The van der Waals surface area contributed by atoms with Crippen molar-refractivity contribution in [3.05, 3.63) is 16.7 Å². The lowest BCUT2D eigenvalue weighted by Gasteiger charge is -2.25. The number of hydrogen-bond donors (Lipinski definition) is 1. The standard InChI is InChI=1S/C20H20F3N5O7/c1-5-6-27-12-8-24-18(25-9(2)29)26-16(12)28(19(27)32)17-14(33-10(3)30)7-13(35-17)15(20(21,22)23)34-11(4)31/h1,8,13-15,17H,6-7H2,2-4H3,(H,24,25,26,29)/t13-,14+,15-,17+/m0/s1. The van der Waals surface area contributed by atoms with Crippen LogP contribution >= 0.6 is 0 Å². The Kier molecular flexibility index (Phi) is 7.15. The fourth-order valence-corrected chi connectivity index (χ4v) is 3.69. The second-order valence-electron chi connectivity index (χ2n) is 7.55. The number of terminal acetylenes is 1. The second kappa shape index (κ2) is 9.74. The third-order valence-corrected chi connectivity index (χ3v) is 4.87. The van der Waals surface area contributed by atoms with Crippen LogP contribution in [0.2, 0.25) is 0 Å². The number of esters is 2. The highest BCUT2D eigenvalue weighted by molar-refractivity contribution is 5.87. The van der Waals surface area contributed by atoms with Gasteiger partial charge in [-0.1, -0.05) is 5.92 Å². The number of fused-ring (bicyclic) bond motifs is 1. The van der Waals surface area contributed by atoms with Crippen molar-refractivity contribution in [2.45, 2.75) is 64.5 Å². The molecule has 3 heterocycles. The van der Waals surface area contributed by atoms with E-state index in [1.54, 1.807) is 0 Å². The van der Waals surface area contributed by atoms with Crippen molar-refractivity contribution in [2.24, 2.45) is 0 Å². The van der Waals surface area contributed by atoms with E-state index >= 15 is 0 Å². The van der Waals surface area contributed by atoms with Crippen LogP contribution in [0.3, 0.4) is 0 Å². The average Bonchev–Trinajstić information content (AvgIpc) is 3.22. The SMILES string of the molecule is C#CCn1c(=O)n([C@@H]2O[C@H]([C@H](OC(C)=O)C(F)(F)F)C[C@H]2OC(C)=O)c2nc(NC(C)=O)ncc21. The van der Waals surface area contributed by atoms with E-state index in [2.05, 4.69) is 25.9 Å². The van der Waals surface area contributed by atoms with Gasteiger partial charge < -0.3 is 14.2 Å². The fraction of sp³-hybridized carbons (Fsp3) is 0.500. The largest absolute Gasteiger partial charge is 0.458 e. The molecule has 0 bridgehead atoms. The third-order valence-electron chi connectivity index (χ3n) is 4.87. The molecule has 2 aromatic rings. The summed E-state index contributed by atoms with van der Waals surface area (Å²) in [6.07, 6.45) is -6.55. The molecule has 4 atom stereocenters. The number of carbonyl (C=O) groups is 3. The van der Waals surface area contributed by atoms with Gasteiger partial charge in [-0.3, -0.25) is 24.3 Å². The van der Waals surface area contributed by atoms with E-state index < -0.39 is 60.7 Å². The number of anilines is 1. The number of amides is 1. The van der Waals surface area contributed by atoms with Crippen LogP contribution in [0.5, 0.6) is 0 Å². The highest BCUT2D eigenvalue weighted by atomic mass is 19.4. The minimum Gasteiger partial charge on any atom is -0.458 e. The lowest BCUT2D eigenvalue weighted by atomic mass is 10.1. The molecular formula is C20H20F3N5O7. The lowest BCUT2D eigenvalue weighted by molar-refractivity contribution is -0.248. The molecule has 35 heavy (non-hydrogen) atoms. The van der Waals surface area contributed by atoms with Gasteiger partial charge in [0.2, 0.25) is 18.0 Å². The molecular weight excluding hydrogens is 479 g/mol. The predicted octanol–water partition coefficient (Wildman–Crippen LogP) is 0.898. The van der Waals surface area contributed by atoms with Crippen LogP contribution < -0.4 is 11.0 Å². The van der Waals surface area contributed by atoms with Gasteiger partial charge in [0.15, 0.2) is 11.9 Å². The maximum absolute atomic E-state index is 13.6. The monoisotopic (exact) mass is 499 g/mol. The van der Waals surface area contributed by atoms with Gasteiger partial charge >= 0.3 is 23.8 Å². The zero-order valence-electron chi connectivity index (χ0n) is 18.7. The maximum Gasteiger partial charge on any atom is 0.428 e. The summed E-state index contributed by atoms with van der Waals surface area (Å²) in [7, 11) is 0. The van der Waals surface area contributed by atoms with Crippen LogP contribution in [0, 0.1) is 12.3 Å². The average molecular weight is 499 g/mol. The minimum atomic E-state index is -5.02. The summed E-state index contributed by atoms with van der Waals surface area (Å²) in [6.45, 7) is 2.77.